The maximum atomic E-state index is 14.0. The van der Waals surface area contributed by atoms with Gasteiger partial charge in [-0.05, 0) is 63.9 Å². The van der Waals surface area contributed by atoms with Crippen molar-refractivity contribution >= 4 is 21.5 Å². The van der Waals surface area contributed by atoms with Gasteiger partial charge in [0.2, 0.25) is 5.91 Å². The third kappa shape index (κ3) is 9.72. The molecular weight excluding hydrogens is 578 g/mol. The van der Waals surface area contributed by atoms with E-state index in [0.29, 0.717) is 18.0 Å². The van der Waals surface area contributed by atoms with Crippen LogP contribution in [0.4, 0.5) is 0 Å². The first-order valence-electron chi connectivity index (χ1n) is 16.3. The second-order valence-electron chi connectivity index (χ2n) is 14.1. The summed E-state index contributed by atoms with van der Waals surface area (Å²) in [7, 11) is -3.62. The van der Waals surface area contributed by atoms with Crippen LogP contribution in [0.1, 0.15) is 89.8 Å². The smallest absolute Gasteiger partial charge is 0.224 e. The Morgan fingerprint density at radius 3 is 2.27 bits per heavy atom. The fraction of sp³-hybridized carbons (Fsp3) is 0.676. The van der Waals surface area contributed by atoms with Gasteiger partial charge in [-0.2, -0.15) is 0 Å². The van der Waals surface area contributed by atoms with E-state index in [1.807, 2.05) is 30.3 Å². The van der Waals surface area contributed by atoms with Gasteiger partial charge in [-0.1, -0.05) is 62.4 Å². The highest BCUT2D eigenvalue weighted by Crippen LogP contribution is 2.36. The molecule has 2 aliphatic rings. The van der Waals surface area contributed by atoms with Crippen molar-refractivity contribution in [3.63, 3.8) is 0 Å². The summed E-state index contributed by atoms with van der Waals surface area (Å²) in [5.41, 5.74) is 1.54. The Bertz CT molecular complexity index is 1300. The summed E-state index contributed by atoms with van der Waals surface area (Å²) in [6.45, 7) is 4.90. The summed E-state index contributed by atoms with van der Waals surface area (Å²) in [6.07, 6.45) is 9.19. The number of hydrogen-bond donors (Lipinski definition) is 4. The van der Waals surface area contributed by atoms with Crippen LogP contribution in [-0.2, 0) is 32.3 Å². The predicted octanol–water partition coefficient (Wildman–Crippen LogP) is 4.19. The van der Waals surface area contributed by atoms with Gasteiger partial charge in [-0.15, -0.1) is 0 Å². The molecule has 5 atom stereocenters. The van der Waals surface area contributed by atoms with E-state index in [0.717, 1.165) is 44.1 Å². The third-order valence-electron chi connectivity index (χ3n) is 9.48. The average molecular weight is 630 g/mol. The second-order valence-corrected chi connectivity index (χ2v) is 16.9. The standard InChI is InChI=1S/C34H51N3O6S/c1-34(2,3)44(42,43)21-27(16-23-10-6-4-7-11-23)30(38)19-26(18-28-20-35-22-36-28)33(41)37-29(17-24-12-8-5-9-13-24)32(40)31(39)25-14-15-25/h4,6-7,10-11,20,22,24-27,29,31-32,39-40H,5,8-9,12-19,21H2,1-3H3,(H,35,36)(H,37,41)/t26-,27+,29-,31?,32+/m1/s1. The first-order valence-corrected chi connectivity index (χ1v) is 17.9. The summed E-state index contributed by atoms with van der Waals surface area (Å²) < 4.78 is 25.5. The van der Waals surface area contributed by atoms with Crippen LogP contribution in [-0.4, -0.2) is 69.0 Å². The molecule has 1 aromatic heterocycles. The Balaban J connectivity index is 1.56. The van der Waals surface area contributed by atoms with Gasteiger partial charge in [0, 0.05) is 30.7 Å². The number of carbonyl (C=O) groups is 2. The number of rotatable bonds is 16. The van der Waals surface area contributed by atoms with Gasteiger partial charge in [-0.25, -0.2) is 13.4 Å². The molecule has 1 aromatic carbocycles. The van der Waals surface area contributed by atoms with Crippen LogP contribution in [0.2, 0.25) is 0 Å². The number of aromatic amines is 1. The Hall–Kier alpha value is -2.56. The van der Waals surface area contributed by atoms with Crippen molar-refractivity contribution in [1.82, 2.24) is 15.3 Å². The quantitative estimate of drug-likeness (QED) is 0.218. The molecule has 244 valence electrons. The number of sulfone groups is 1. The molecule has 0 radical (unpaired) electrons. The largest absolute Gasteiger partial charge is 0.390 e. The molecule has 1 unspecified atom stereocenters. The van der Waals surface area contributed by atoms with Crippen molar-refractivity contribution in [2.45, 2.75) is 114 Å². The molecule has 0 saturated heterocycles. The fourth-order valence-electron chi connectivity index (χ4n) is 6.33. The number of aromatic nitrogens is 2. The van der Waals surface area contributed by atoms with Gasteiger partial charge < -0.3 is 20.5 Å². The number of benzene rings is 1. The Labute approximate surface area is 262 Å². The minimum Gasteiger partial charge on any atom is -0.390 e. The Morgan fingerprint density at radius 1 is 1.00 bits per heavy atom. The van der Waals surface area contributed by atoms with Crippen molar-refractivity contribution in [3.05, 3.63) is 54.1 Å². The van der Waals surface area contributed by atoms with E-state index < -0.39 is 44.7 Å². The minimum atomic E-state index is -3.62. The van der Waals surface area contributed by atoms with Gasteiger partial charge in [-0.3, -0.25) is 9.59 Å². The maximum absolute atomic E-state index is 14.0. The number of amides is 1. The van der Waals surface area contributed by atoms with E-state index in [2.05, 4.69) is 15.3 Å². The number of nitrogens with one attached hydrogen (secondary N) is 2. The Morgan fingerprint density at radius 2 is 1.68 bits per heavy atom. The SMILES string of the molecule is CC(C)(C)S(=O)(=O)C[C@H](Cc1ccccc1)C(=O)C[C@@H](Cc1cnc[nH]1)C(=O)N[C@H](CC1CCCCC1)[C@H](O)C(O)C1CC1. The van der Waals surface area contributed by atoms with E-state index in [4.69, 9.17) is 0 Å². The zero-order chi connectivity index (χ0) is 31.9. The monoisotopic (exact) mass is 629 g/mol. The van der Waals surface area contributed by atoms with E-state index in [-0.39, 0.29) is 42.6 Å². The lowest BCUT2D eigenvalue weighted by molar-refractivity contribution is -0.132. The lowest BCUT2D eigenvalue weighted by atomic mass is 9.82. The number of Topliss-reactive ketones (excluding diaryl/α,β-unsaturated/α-hetero) is 1. The van der Waals surface area contributed by atoms with Crippen LogP contribution in [0, 0.1) is 23.7 Å². The molecule has 1 heterocycles. The van der Waals surface area contributed by atoms with Gasteiger partial charge >= 0.3 is 0 Å². The first-order chi connectivity index (χ1) is 20.8. The van der Waals surface area contributed by atoms with Crippen molar-refractivity contribution in [1.29, 1.82) is 0 Å². The summed E-state index contributed by atoms with van der Waals surface area (Å²) in [6, 6.07) is 8.70. The molecular formula is C34H51N3O6S. The number of nitrogens with zero attached hydrogens (tertiary/aromatic N) is 1. The van der Waals surface area contributed by atoms with E-state index in [1.165, 1.54) is 12.7 Å². The molecule has 9 nitrogen and oxygen atoms in total. The average Bonchev–Trinajstić information content (AvgIpc) is 3.71. The first kappa shape index (κ1) is 34.3. The summed E-state index contributed by atoms with van der Waals surface area (Å²) in [4.78, 5) is 35.1. The molecule has 10 heteroatoms. The molecule has 2 fully saturated rings. The fourth-order valence-corrected chi connectivity index (χ4v) is 7.66. The van der Waals surface area contributed by atoms with Crippen LogP contribution in [0.3, 0.4) is 0 Å². The lowest BCUT2D eigenvalue weighted by Gasteiger charge is -2.33. The zero-order valence-corrected chi connectivity index (χ0v) is 27.3. The van der Waals surface area contributed by atoms with Crippen LogP contribution in [0.5, 0.6) is 0 Å². The molecule has 0 spiro atoms. The van der Waals surface area contributed by atoms with E-state index >= 15 is 0 Å². The number of aliphatic hydroxyl groups is 2. The summed E-state index contributed by atoms with van der Waals surface area (Å²) in [5.74, 6) is -2.21. The molecule has 4 N–H and O–H groups in total. The molecule has 0 aliphatic heterocycles. The highest BCUT2D eigenvalue weighted by atomic mass is 32.2. The number of H-pyrrole nitrogens is 1. The highest BCUT2D eigenvalue weighted by Gasteiger charge is 2.41. The van der Waals surface area contributed by atoms with Gasteiger partial charge in [0.1, 0.15) is 11.9 Å². The third-order valence-corrected chi connectivity index (χ3v) is 12.2. The van der Waals surface area contributed by atoms with E-state index in [9.17, 15) is 28.2 Å². The molecule has 2 aromatic rings. The number of carbonyl (C=O) groups excluding carboxylic acids is 2. The van der Waals surface area contributed by atoms with Crippen LogP contribution in [0.25, 0.3) is 0 Å². The number of ketones is 1. The topological polar surface area (TPSA) is 149 Å². The van der Waals surface area contributed by atoms with Crippen molar-refractivity contribution in [2.75, 3.05) is 5.75 Å². The van der Waals surface area contributed by atoms with Gasteiger partial charge in [0.25, 0.3) is 0 Å². The molecule has 0 bridgehead atoms. The van der Waals surface area contributed by atoms with Crippen molar-refractivity contribution < 1.29 is 28.2 Å². The molecule has 4 rings (SSSR count). The molecule has 1 amide bonds. The van der Waals surface area contributed by atoms with Crippen LogP contribution >= 0.6 is 0 Å². The minimum absolute atomic E-state index is 0.0432. The van der Waals surface area contributed by atoms with Crippen molar-refractivity contribution in [3.8, 4) is 0 Å². The number of hydrogen-bond acceptors (Lipinski definition) is 7. The molecule has 44 heavy (non-hydrogen) atoms. The van der Waals surface area contributed by atoms with Crippen molar-refractivity contribution in [2.24, 2.45) is 23.7 Å². The number of imidazole rings is 1. The maximum Gasteiger partial charge on any atom is 0.224 e. The zero-order valence-electron chi connectivity index (χ0n) is 26.5. The van der Waals surface area contributed by atoms with Crippen LogP contribution < -0.4 is 5.32 Å². The molecule has 2 saturated carbocycles. The van der Waals surface area contributed by atoms with Crippen LogP contribution in [0.15, 0.2) is 42.9 Å². The second kappa shape index (κ2) is 15.1. The summed E-state index contributed by atoms with van der Waals surface area (Å²) in [5, 5.41) is 25.1. The van der Waals surface area contributed by atoms with Gasteiger partial charge in [0.15, 0.2) is 9.84 Å². The predicted molar refractivity (Wildman–Crippen MR) is 170 cm³/mol. The lowest BCUT2D eigenvalue weighted by Crippen LogP contribution is -2.52. The Kier molecular flexibility index (Phi) is 11.8. The van der Waals surface area contributed by atoms with E-state index in [1.54, 1.807) is 27.0 Å². The summed E-state index contributed by atoms with van der Waals surface area (Å²) >= 11 is 0. The van der Waals surface area contributed by atoms with Gasteiger partial charge in [0.05, 0.1) is 34.9 Å². The number of aliphatic hydroxyl groups excluding tert-OH is 2. The molecule has 2 aliphatic carbocycles. The highest BCUT2D eigenvalue weighted by molar-refractivity contribution is 7.92. The normalized spacial score (nSPS) is 19.9.